The summed E-state index contributed by atoms with van der Waals surface area (Å²) in [7, 11) is -0.793. The summed E-state index contributed by atoms with van der Waals surface area (Å²) in [5.41, 5.74) is 0.286. The highest BCUT2D eigenvalue weighted by atomic mass is 32.2. The number of carbonyl (C=O) groups is 3. The van der Waals surface area contributed by atoms with Crippen LogP contribution >= 0.6 is 0 Å². The highest BCUT2D eigenvalue weighted by Crippen LogP contribution is 2.52. The number of fused-ring (bicyclic) bond motifs is 5. The van der Waals surface area contributed by atoms with E-state index in [0.29, 0.717) is 0 Å². The van der Waals surface area contributed by atoms with Crippen molar-refractivity contribution in [3.63, 3.8) is 0 Å². The molecule has 28 heavy (non-hydrogen) atoms. The molecule has 0 aromatic heterocycles. The van der Waals surface area contributed by atoms with Crippen molar-refractivity contribution < 1.29 is 22.8 Å². The van der Waals surface area contributed by atoms with Gasteiger partial charge in [0.05, 0.1) is 16.7 Å². The van der Waals surface area contributed by atoms with Crippen molar-refractivity contribution in [2.75, 3.05) is 26.0 Å². The molecule has 2 aliphatic carbocycles. The van der Waals surface area contributed by atoms with Gasteiger partial charge < -0.3 is 5.32 Å². The van der Waals surface area contributed by atoms with E-state index in [1.54, 1.807) is 6.07 Å². The summed E-state index contributed by atoms with van der Waals surface area (Å²) in [6.07, 6.45) is 4.83. The lowest BCUT2D eigenvalue weighted by molar-refractivity contribution is -0.143. The summed E-state index contributed by atoms with van der Waals surface area (Å²) >= 11 is 0. The first kappa shape index (κ1) is 18.8. The van der Waals surface area contributed by atoms with Crippen molar-refractivity contribution in [2.24, 2.45) is 23.7 Å². The summed E-state index contributed by atoms with van der Waals surface area (Å²) in [6.45, 7) is -0.366. The van der Waals surface area contributed by atoms with E-state index in [0.717, 1.165) is 15.6 Å². The number of sulfonamides is 1. The van der Waals surface area contributed by atoms with Crippen molar-refractivity contribution in [3.8, 4) is 0 Å². The molecule has 2 bridgehead atoms. The van der Waals surface area contributed by atoms with Gasteiger partial charge in [-0.3, -0.25) is 19.3 Å². The zero-order valence-corrected chi connectivity index (χ0v) is 16.3. The predicted molar refractivity (Wildman–Crippen MR) is 100 cm³/mol. The lowest BCUT2D eigenvalue weighted by Crippen LogP contribution is -2.39. The number of hydrogen-bond acceptors (Lipinski definition) is 5. The van der Waals surface area contributed by atoms with Gasteiger partial charge in [-0.25, -0.2) is 12.7 Å². The maximum absolute atomic E-state index is 12.6. The first-order valence-electron chi connectivity index (χ1n) is 9.06. The second kappa shape index (κ2) is 6.52. The van der Waals surface area contributed by atoms with Crippen LogP contribution in [0.1, 0.15) is 6.42 Å². The summed E-state index contributed by atoms with van der Waals surface area (Å²) in [6, 6.07) is 5.85. The van der Waals surface area contributed by atoms with E-state index >= 15 is 0 Å². The third-order valence-electron chi connectivity index (χ3n) is 5.76. The van der Waals surface area contributed by atoms with E-state index in [4.69, 9.17) is 0 Å². The highest BCUT2D eigenvalue weighted by Gasteiger charge is 2.59. The lowest BCUT2D eigenvalue weighted by Gasteiger charge is -2.17. The van der Waals surface area contributed by atoms with Crippen molar-refractivity contribution in [2.45, 2.75) is 11.3 Å². The number of benzene rings is 1. The van der Waals surface area contributed by atoms with Crippen molar-refractivity contribution >= 4 is 33.4 Å². The van der Waals surface area contributed by atoms with Crippen LogP contribution in [0.2, 0.25) is 0 Å². The third kappa shape index (κ3) is 2.85. The molecule has 0 unspecified atom stereocenters. The van der Waals surface area contributed by atoms with Gasteiger partial charge in [-0.15, -0.1) is 0 Å². The molecule has 148 valence electrons. The molecule has 1 saturated heterocycles. The van der Waals surface area contributed by atoms with Crippen LogP contribution in [-0.2, 0) is 24.4 Å². The number of likely N-dealkylation sites (tertiary alicyclic amines) is 1. The van der Waals surface area contributed by atoms with Gasteiger partial charge in [0, 0.05) is 19.8 Å². The van der Waals surface area contributed by atoms with E-state index in [-0.39, 0.29) is 52.6 Å². The Morgan fingerprint density at radius 3 is 2.32 bits per heavy atom. The average Bonchev–Trinajstić information content (AvgIpc) is 3.32. The van der Waals surface area contributed by atoms with E-state index in [2.05, 4.69) is 5.32 Å². The first-order valence-corrected chi connectivity index (χ1v) is 10.5. The Labute approximate surface area is 163 Å². The number of amides is 3. The maximum Gasteiger partial charge on any atom is 0.244 e. The minimum atomic E-state index is -3.63. The molecule has 1 aliphatic heterocycles. The van der Waals surface area contributed by atoms with Gasteiger partial charge in [0.15, 0.2) is 0 Å². The molecule has 0 spiro atoms. The van der Waals surface area contributed by atoms with Crippen LogP contribution in [0.15, 0.2) is 41.3 Å². The fraction of sp³-hybridized carbons (Fsp3) is 0.421. The summed E-state index contributed by atoms with van der Waals surface area (Å²) in [5.74, 6) is -1.62. The lowest BCUT2D eigenvalue weighted by atomic mass is 9.85. The topological polar surface area (TPSA) is 104 Å². The zero-order chi connectivity index (χ0) is 20.2. The summed E-state index contributed by atoms with van der Waals surface area (Å²) < 4.78 is 25.5. The normalized spacial score (nSPS) is 28.3. The molecule has 1 saturated carbocycles. The molecule has 9 heteroatoms. The van der Waals surface area contributed by atoms with E-state index in [1.165, 1.54) is 32.3 Å². The second-order valence-corrected chi connectivity index (χ2v) is 9.78. The monoisotopic (exact) mass is 403 g/mol. The number of rotatable bonds is 5. The molecule has 0 radical (unpaired) electrons. The van der Waals surface area contributed by atoms with Gasteiger partial charge in [-0.05, 0) is 36.5 Å². The third-order valence-corrected chi connectivity index (χ3v) is 7.57. The molecule has 2 fully saturated rings. The molecule has 8 nitrogen and oxygen atoms in total. The summed E-state index contributed by atoms with van der Waals surface area (Å²) in [4.78, 5) is 38.8. The van der Waals surface area contributed by atoms with Crippen LogP contribution in [0.25, 0.3) is 0 Å². The highest BCUT2D eigenvalue weighted by molar-refractivity contribution is 7.89. The zero-order valence-electron chi connectivity index (χ0n) is 15.5. The van der Waals surface area contributed by atoms with Gasteiger partial charge in [0.1, 0.15) is 6.54 Å². The number of anilines is 1. The fourth-order valence-corrected chi connectivity index (χ4v) is 5.36. The number of hydrogen-bond donors (Lipinski definition) is 1. The van der Waals surface area contributed by atoms with Gasteiger partial charge in [0.25, 0.3) is 0 Å². The standard InChI is InChI=1S/C19H21N3O5S/c1-21(2)28(26,27)14-5-3-4-13(9-14)20-15(23)10-22-18(24)16-11-6-7-12(8-11)17(16)19(22)25/h3-7,9,11-12,16-17H,8,10H2,1-2H3,(H,20,23)/t11-,12-,16-,17+/m0/s1. The molecule has 1 aromatic rings. The molecule has 1 N–H and O–H groups in total. The number of carbonyl (C=O) groups excluding carboxylic acids is 3. The number of nitrogens with zero attached hydrogens (tertiary/aromatic N) is 2. The molecule has 3 amide bonds. The average molecular weight is 403 g/mol. The molecule has 3 aliphatic rings. The van der Waals surface area contributed by atoms with Crippen LogP contribution < -0.4 is 5.32 Å². The Morgan fingerprint density at radius 2 is 1.75 bits per heavy atom. The predicted octanol–water partition coefficient (Wildman–Crippen LogP) is 0.682. The van der Waals surface area contributed by atoms with Gasteiger partial charge in [0.2, 0.25) is 27.7 Å². The quantitative estimate of drug-likeness (QED) is 0.575. The van der Waals surface area contributed by atoms with Crippen LogP contribution in [0.3, 0.4) is 0 Å². The van der Waals surface area contributed by atoms with Crippen LogP contribution in [0.5, 0.6) is 0 Å². The number of nitrogens with one attached hydrogen (secondary N) is 1. The molecule has 1 heterocycles. The maximum atomic E-state index is 12.6. The Bertz CT molecular complexity index is 971. The van der Waals surface area contributed by atoms with E-state index < -0.39 is 15.9 Å². The molecule has 4 atom stereocenters. The minimum Gasteiger partial charge on any atom is -0.324 e. The van der Waals surface area contributed by atoms with Gasteiger partial charge >= 0.3 is 0 Å². The SMILES string of the molecule is CN(C)S(=O)(=O)c1cccc(NC(=O)CN2C(=O)[C@@H]3[C@H](C2=O)[C@H]2C=C[C@H]3C2)c1. The first-order chi connectivity index (χ1) is 13.2. The molecule has 1 aromatic carbocycles. The van der Waals surface area contributed by atoms with Crippen molar-refractivity contribution in [3.05, 3.63) is 36.4 Å². The molecule has 4 rings (SSSR count). The van der Waals surface area contributed by atoms with Crippen molar-refractivity contribution in [1.29, 1.82) is 0 Å². The molecular weight excluding hydrogens is 382 g/mol. The fourth-order valence-electron chi connectivity index (χ4n) is 4.41. The minimum absolute atomic E-state index is 0.0424. The number of allylic oxidation sites excluding steroid dienone is 2. The Balaban J connectivity index is 1.46. The molecular formula is C19H21N3O5S. The van der Waals surface area contributed by atoms with Gasteiger partial charge in [-0.1, -0.05) is 18.2 Å². The van der Waals surface area contributed by atoms with Crippen LogP contribution in [0, 0.1) is 23.7 Å². The van der Waals surface area contributed by atoms with E-state index in [1.807, 2.05) is 12.2 Å². The number of imide groups is 1. The van der Waals surface area contributed by atoms with Crippen molar-refractivity contribution in [1.82, 2.24) is 9.21 Å². The van der Waals surface area contributed by atoms with E-state index in [9.17, 15) is 22.8 Å². The Hall–Kier alpha value is -2.52. The summed E-state index contributed by atoms with van der Waals surface area (Å²) in [5, 5.41) is 2.58. The van der Waals surface area contributed by atoms with Gasteiger partial charge in [-0.2, -0.15) is 0 Å². The largest absolute Gasteiger partial charge is 0.324 e. The smallest absolute Gasteiger partial charge is 0.244 e. The Morgan fingerprint density at radius 1 is 1.14 bits per heavy atom. The Kier molecular flexibility index (Phi) is 4.39. The second-order valence-electron chi connectivity index (χ2n) is 7.63. The van der Waals surface area contributed by atoms with Crippen LogP contribution in [0.4, 0.5) is 5.69 Å². The van der Waals surface area contributed by atoms with Crippen LogP contribution in [-0.4, -0.2) is 56.0 Å².